The maximum absolute atomic E-state index is 11.1. The minimum absolute atomic E-state index is 0.199. The van der Waals surface area contributed by atoms with E-state index in [4.69, 9.17) is 0 Å². The van der Waals surface area contributed by atoms with Crippen molar-refractivity contribution in [1.82, 2.24) is 4.98 Å². The predicted octanol–water partition coefficient (Wildman–Crippen LogP) is 4.30. The summed E-state index contributed by atoms with van der Waals surface area (Å²) in [5.74, 6) is -0.199. The molecule has 20 heavy (non-hydrogen) atoms. The average Bonchev–Trinajstić information content (AvgIpc) is 2.90. The van der Waals surface area contributed by atoms with E-state index in [0.29, 0.717) is 12.8 Å². The molecule has 0 unspecified atom stereocenters. The van der Waals surface area contributed by atoms with Gasteiger partial charge in [-0.2, -0.15) is 0 Å². The highest BCUT2D eigenvalue weighted by Crippen LogP contribution is 2.30. The van der Waals surface area contributed by atoms with Gasteiger partial charge in [0.1, 0.15) is 5.01 Å². The molecule has 1 heterocycles. The van der Waals surface area contributed by atoms with Crippen molar-refractivity contribution in [3.05, 3.63) is 38.8 Å². The molecular formula is C15H16BrNO2S. The van der Waals surface area contributed by atoms with Crippen molar-refractivity contribution < 1.29 is 9.53 Å². The molecule has 0 aliphatic heterocycles. The van der Waals surface area contributed by atoms with E-state index < -0.39 is 0 Å². The molecule has 3 nitrogen and oxygen atoms in total. The highest BCUT2D eigenvalue weighted by molar-refractivity contribution is 9.10. The molecule has 2 rings (SSSR count). The number of aromatic nitrogens is 1. The summed E-state index contributed by atoms with van der Waals surface area (Å²) in [6.45, 7) is 4.15. The van der Waals surface area contributed by atoms with Gasteiger partial charge in [0.15, 0.2) is 0 Å². The first-order chi connectivity index (χ1) is 9.51. The van der Waals surface area contributed by atoms with Gasteiger partial charge in [0.2, 0.25) is 0 Å². The van der Waals surface area contributed by atoms with Gasteiger partial charge in [0.05, 0.1) is 19.2 Å². The summed E-state index contributed by atoms with van der Waals surface area (Å²) in [5.41, 5.74) is 4.46. The van der Waals surface area contributed by atoms with Gasteiger partial charge < -0.3 is 4.74 Å². The molecule has 0 aliphatic carbocycles. The van der Waals surface area contributed by atoms with Crippen LogP contribution in [0, 0.1) is 13.8 Å². The van der Waals surface area contributed by atoms with Crippen molar-refractivity contribution in [2.75, 3.05) is 7.11 Å². The number of halogens is 1. The summed E-state index contributed by atoms with van der Waals surface area (Å²) >= 11 is 5.18. The number of nitrogens with zero attached hydrogens (tertiary/aromatic N) is 1. The largest absolute Gasteiger partial charge is 0.469 e. The van der Waals surface area contributed by atoms with Crippen molar-refractivity contribution >= 4 is 33.2 Å². The maximum Gasteiger partial charge on any atom is 0.305 e. The normalized spacial score (nSPS) is 10.6. The molecule has 0 radical (unpaired) electrons. The van der Waals surface area contributed by atoms with Crippen LogP contribution < -0.4 is 0 Å². The molecule has 0 amide bonds. The Bertz CT molecular complexity index is 614. The molecule has 1 aromatic carbocycles. The topological polar surface area (TPSA) is 39.2 Å². The van der Waals surface area contributed by atoms with Gasteiger partial charge in [-0.25, -0.2) is 4.98 Å². The van der Waals surface area contributed by atoms with Gasteiger partial charge in [-0.3, -0.25) is 4.79 Å². The van der Waals surface area contributed by atoms with Crippen LogP contribution in [0.25, 0.3) is 10.6 Å². The lowest BCUT2D eigenvalue weighted by molar-refractivity contribution is -0.140. The third-order valence-electron chi connectivity index (χ3n) is 3.05. The Morgan fingerprint density at radius 1 is 1.35 bits per heavy atom. The van der Waals surface area contributed by atoms with E-state index >= 15 is 0 Å². The molecule has 0 bridgehead atoms. The average molecular weight is 354 g/mol. The zero-order valence-electron chi connectivity index (χ0n) is 11.7. The van der Waals surface area contributed by atoms with E-state index in [2.05, 4.69) is 51.6 Å². The number of ether oxygens (including phenoxy) is 1. The number of esters is 1. The van der Waals surface area contributed by atoms with Crippen molar-refractivity contribution in [2.45, 2.75) is 26.7 Å². The molecule has 5 heteroatoms. The van der Waals surface area contributed by atoms with Crippen LogP contribution in [0.4, 0.5) is 0 Å². The standard InChI is InChI=1S/C15H16BrNO2S/c1-9-6-11(7-10(2)14(9)16)15-17-12(8-20-15)4-5-13(18)19-3/h6-8H,4-5H2,1-3H3. The Labute approximate surface area is 131 Å². The van der Waals surface area contributed by atoms with Crippen LogP contribution in [0.1, 0.15) is 23.2 Å². The number of benzene rings is 1. The van der Waals surface area contributed by atoms with Crippen molar-refractivity contribution in [3.8, 4) is 10.6 Å². The number of hydrogen-bond donors (Lipinski definition) is 0. The molecule has 0 spiro atoms. The second kappa shape index (κ2) is 6.50. The van der Waals surface area contributed by atoms with E-state index in [9.17, 15) is 4.79 Å². The third-order valence-corrected chi connectivity index (χ3v) is 5.24. The van der Waals surface area contributed by atoms with Crippen LogP contribution in [0.5, 0.6) is 0 Å². The number of carbonyl (C=O) groups excluding carboxylic acids is 1. The fraction of sp³-hybridized carbons (Fsp3) is 0.333. The quantitative estimate of drug-likeness (QED) is 0.769. The Hall–Kier alpha value is -1.20. The van der Waals surface area contributed by atoms with Crippen LogP contribution >= 0.6 is 27.3 Å². The highest BCUT2D eigenvalue weighted by Gasteiger charge is 2.09. The summed E-state index contributed by atoms with van der Waals surface area (Å²) in [6, 6.07) is 4.25. The molecule has 0 N–H and O–H groups in total. The Balaban J connectivity index is 2.18. The molecule has 0 saturated heterocycles. The smallest absolute Gasteiger partial charge is 0.305 e. The van der Waals surface area contributed by atoms with Crippen LogP contribution in [0.2, 0.25) is 0 Å². The fourth-order valence-electron chi connectivity index (χ4n) is 1.96. The number of aryl methyl sites for hydroxylation is 3. The van der Waals surface area contributed by atoms with Crippen LogP contribution in [0.15, 0.2) is 22.0 Å². The maximum atomic E-state index is 11.1. The second-order valence-electron chi connectivity index (χ2n) is 4.64. The van der Waals surface area contributed by atoms with Gasteiger partial charge in [0.25, 0.3) is 0 Å². The lowest BCUT2D eigenvalue weighted by atomic mass is 10.1. The van der Waals surface area contributed by atoms with Crippen LogP contribution in [-0.4, -0.2) is 18.1 Å². The monoisotopic (exact) mass is 353 g/mol. The van der Waals surface area contributed by atoms with Crippen molar-refractivity contribution in [1.29, 1.82) is 0 Å². The summed E-state index contributed by atoms with van der Waals surface area (Å²) in [5, 5.41) is 2.99. The number of methoxy groups -OCH3 is 1. The summed E-state index contributed by atoms with van der Waals surface area (Å²) in [6.07, 6.45) is 0.996. The molecular weight excluding hydrogens is 338 g/mol. The lowest BCUT2D eigenvalue weighted by Gasteiger charge is -2.05. The van der Waals surface area contributed by atoms with Gasteiger partial charge in [-0.1, -0.05) is 15.9 Å². The number of thiazole rings is 1. The van der Waals surface area contributed by atoms with Crippen molar-refractivity contribution in [3.63, 3.8) is 0 Å². The zero-order valence-corrected chi connectivity index (χ0v) is 14.1. The second-order valence-corrected chi connectivity index (χ2v) is 6.30. The number of hydrogen-bond acceptors (Lipinski definition) is 4. The lowest BCUT2D eigenvalue weighted by Crippen LogP contribution is -2.01. The SMILES string of the molecule is COC(=O)CCc1csc(-c2cc(C)c(Br)c(C)c2)n1. The van der Waals surface area contributed by atoms with Gasteiger partial charge >= 0.3 is 5.97 Å². The van der Waals surface area contributed by atoms with Gasteiger partial charge in [-0.05, 0) is 37.1 Å². The molecule has 2 aromatic rings. The predicted molar refractivity (Wildman–Crippen MR) is 85.1 cm³/mol. The minimum Gasteiger partial charge on any atom is -0.469 e. The summed E-state index contributed by atoms with van der Waals surface area (Å²) in [7, 11) is 1.40. The zero-order chi connectivity index (χ0) is 14.7. The molecule has 0 aliphatic rings. The number of carbonyl (C=O) groups is 1. The van der Waals surface area contributed by atoms with E-state index in [-0.39, 0.29) is 5.97 Å². The van der Waals surface area contributed by atoms with E-state index in [0.717, 1.165) is 20.7 Å². The third kappa shape index (κ3) is 3.46. The molecule has 0 saturated carbocycles. The molecule has 0 fully saturated rings. The Kier molecular flexibility index (Phi) is 4.94. The first-order valence-corrected chi connectivity index (χ1v) is 7.97. The van der Waals surface area contributed by atoms with E-state index in [1.807, 2.05) is 5.38 Å². The molecule has 106 valence electrons. The molecule has 0 atom stereocenters. The van der Waals surface area contributed by atoms with Gasteiger partial charge in [0, 0.05) is 21.8 Å². The summed E-state index contributed by atoms with van der Waals surface area (Å²) in [4.78, 5) is 15.7. The number of rotatable bonds is 4. The first kappa shape index (κ1) is 15.2. The van der Waals surface area contributed by atoms with E-state index in [1.165, 1.54) is 18.2 Å². The van der Waals surface area contributed by atoms with Crippen LogP contribution in [-0.2, 0) is 16.0 Å². The summed E-state index contributed by atoms with van der Waals surface area (Å²) < 4.78 is 5.78. The Morgan fingerprint density at radius 3 is 2.60 bits per heavy atom. The van der Waals surface area contributed by atoms with Crippen LogP contribution in [0.3, 0.4) is 0 Å². The minimum atomic E-state index is -0.199. The van der Waals surface area contributed by atoms with Crippen molar-refractivity contribution in [2.24, 2.45) is 0 Å². The van der Waals surface area contributed by atoms with E-state index in [1.54, 1.807) is 11.3 Å². The van der Waals surface area contributed by atoms with Gasteiger partial charge in [-0.15, -0.1) is 11.3 Å². The Morgan fingerprint density at radius 2 is 2.00 bits per heavy atom. The fourth-order valence-corrected chi connectivity index (χ4v) is 3.03. The first-order valence-electron chi connectivity index (χ1n) is 6.29. The molecule has 1 aromatic heterocycles. The highest BCUT2D eigenvalue weighted by atomic mass is 79.9.